The number of Topliss-reactive ketones (excluding diaryl/α,β-unsaturated/α-hetero) is 1. The van der Waals surface area contributed by atoms with Crippen molar-refractivity contribution < 1.29 is 4.79 Å². The predicted octanol–water partition coefficient (Wildman–Crippen LogP) is 4.11. The van der Waals surface area contributed by atoms with Crippen molar-refractivity contribution in [2.24, 2.45) is 4.99 Å². The summed E-state index contributed by atoms with van der Waals surface area (Å²) in [4.78, 5) is 16.9. The second-order valence-electron chi connectivity index (χ2n) is 5.16. The van der Waals surface area contributed by atoms with Crippen molar-refractivity contribution in [3.63, 3.8) is 0 Å². The highest BCUT2D eigenvalue weighted by Gasteiger charge is 2.18. The Labute approximate surface area is 139 Å². The summed E-state index contributed by atoms with van der Waals surface area (Å²) in [6.45, 7) is 4.93. The molecule has 0 unspecified atom stereocenters. The number of carbonyl (C=O) groups excluding carboxylic acids is 1. The van der Waals surface area contributed by atoms with Gasteiger partial charge >= 0.3 is 0 Å². The third-order valence-corrected chi connectivity index (χ3v) is 5.88. The maximum atomic E-state index is 12.5. The number of carbonyl (C=O) groups is 1. The number of hydrogen-bond acceptors (Lipinski definition) is 4. The van der Waals surface area contributed by atoms with Gasteiger partial charge in [-0.05, 0) is 32.0 Å². The highest BCUT2D eigenvalue weighted by atomic mass is 32.2. The van der Waals surface area contributed by atoms with Crippen LogP contribution in [0, 0.1) is 13.8 Å². The fourth-order valence-electron chi connectivity index (χ4n) is 2.63. The molecule has 22 heavy (non-hydrogen) atoms. The van der Waals surface area contributed by atoms with Crippen LogP contribution < -0.4 is 0 Å². The van der Waals surface area contributed by atoms with Crippen molar-refractivity contribution in [1.29, 1.82) is 0 Å². The van der Waals surface area contributed by atoms with Gasteiger partial charge in [-0.25, -0.2) is 0 Å². The van der Waals surface area contributed by atoms with Gasteiger partial charge in [0.05, 0.1) is 12.3 Å². The Morgan fingerprint density at radius 2 is 2.09 bits per heavy atom. The summed E-state index contributed by atoms with van der Waals surface area (Å²) in [5.74, 6) is 1.68. The standard InChI is InChI=1S/C17H18N2OS2/c1-12-10-15(16(20)11-22-17-18-8-9-21-17)13(2)19(12)14-6-4-3-5-7-14/h3-7,10H,8-9,11H2,1-2H3. The second kappa shape index (κ2) is 6.75. The molecule has 3 nitrogen and oxygen atoms in total. The van der Waals surface area contributed by atoms with E-state index in [0.29, 0.717) is 5.75 Å². The number of rotatable bonds is 4. The topological polar surface area (TPSA) is 34.4 Å². The van der Waals surface area contributed by atoms with E-state index in [9.17, 15) is 4.79 Å². The van der Waals surface area contributed by atoms with E-state index in [1.807, 2.05) is 38.1 Å². The molecule has 3 rings (SSSR count). The lowest BCUT2D eigenvalue weighted by Gasteiger charge is -2.09. The zero-order valence-corrected chi connectivity index (χ0v) is 14.3. The number of hydrogen-bond donors (Lipinski definition) is 0. The van der Waals surface area contributed by atoms with Gasteiger partial charge in [-0.15, -0.1) is 0 Å². The molecule has 2 heterocycles. The van der Waals surface area contributed by atoms with Gasteiger partial charge in [0.25, 0.3) is 0 Å². The fraction of sp³-hybridized carbons (Fsp3) is 0.294. The third kappa shape index (κ3) is 3.15. The minimum atomic E-state index is 0.176. The molecule has 2 aromatic rings. The number of aliphatic imine (C=N–C) groups is 1. The van der Waals surface area contributed by atoms with Crippen molar-refractivity contribution in [2.45, 2.75) is 13.8 Å². The van der Waals surface area contributed by atoms with E-state index in [4.69, 9.17) is 0 Å². The molecule has 0 saturated carbocycles. The summed E-state index contributed by atoms with van der Waals surface area (Å²) < 4.78 is 3.19. The SMILES string of the molecule is Cc1cc(C(=O)CSC2=NCCS2)c(C)n1-c1ccccc1. The molecule has 1 aromatic carbocycles. The lowest BCUT2D eigenvalue weighted by Crippen LogP contribution is -2.06. The van der Waals surface area contributed by atoms with Crippen LogP contribution in [-0.4, -0.2) is 32.8 Å². The van der Waals surface area contributed by atoms with Crippen molar-refractivity contribution >= 4 is 33.7 Å². The first-order valence-corrected chi connectivity index (χ1v) is 9.21. The molecule has 0 amide bonds. The molecule has 0 N–H and O–H groups in total. The van der Waals surface area contributed by atoms with Crippen LogP contribution in [0.5, 0.6) is 0 Å². The minimum Gasteiger partial charge on any atom is -0.318 e. The first-order chi connectivity index (χ1) is 10.7. The Bertz CT molecular complexity index is 720. The van der Waals surface area contributed by atoms with Crippen LogP contribution in [0.3, 0.4) is 0 Å². The van der Waals surface area contributed by atoms with Gasteiger partial charge < -0.3 is 4.57 Å². The molecule has 5 heteroatoms. The Morgan fingerprint density at radius 3 is 2.77 bits per heavy atom. The number of benzene rings is 1. The summed E-state index contributed by atoms with van der Waals surface area (Å²) in [6.07, 6.45) is 0. The third-order valence-electron chi connectivity index (χ3n) is 3.63. The fourth-order valence-corrected chi connectivity index (χ4v) is 4.52. The first-order valence-electron chi connectivity index (χ1n) is 7.24. The maximum Gasteiger partial charge on any atom is 0.174 e. The summed E-state index contributed by atoms with van der Waals surface area (Å²) in [5, 5.41) is 0. The van der Waals surface area contributed by atoms with Crippen molar-refractivity contribution in [3.8, 4) is 5.69 Å². The van der Waals surface area contributed by atoms with E-state index in [2.05, 4.69) is 21.7 Å². The highest BCUT2D eigenvalue weighted by molar-refractivity contribution is 8.39. The molecule has 0 radical (unpaired) electrons. The normalized spacial score (nSPS) is 14.2. The number of ketones is 1. The molecule has 1 aromatic heterocycles. The predicted molar refractivity (Wildman–Crippen MR) is 96.8 cm³/mol. The molecular formula is C17H18N2OS2. The molecule has 1 aliphatic rings. The quantitative estimate of drug-likeness (QED) is 0.791. The van der Waals surface area contributed by atoms with E-state index in [1.54, 1.807) is 23.5 Å². The van der Waals surface area contributed by atoms with E-state index in [-0.39, 0.29) is 5.78 Å². The van der Waals surface area contributed by atoms with Gasteiger partial charge in [-0.1, -0.05) is 41.7 Å². The summed E-state index contributed by atoms with van der Waals surface area (Å²) >= 11 is 3.31. The average molecular weight is 330 g/mol. The highest BCUT2D eigenvalue weighted by Crippen LogP contribution is 2.25. The first kappa shape index (κ1) is 15.4. The molecular weight excluding hydrogens is 312 g/mol. The van der Waals surface area contributed by atoms with Gasteiger partial charge in [-0.2, -0.15) is 0 Å². The smallest absolute Gasteiger partial charge is 0.174 e. The van der Waals surface area contributed by atoms with Gasteiger partial charge in [0.2, 0.25) is 0 Å². The van der Waals surface area contributed by atoms with Gasteiger partial charge in [0.15, 0.2) is 5.78 Å². The molecule has 1 aliphatic heterocycles. The van der Waals surface area contributed by atoms with Crippen LogP contribution in [0.4, 0.5) is 0 Å². The van der Waals surface area contributed by atoms with Crippen molar-refractivity contribution in [2.75, 3.05) is 18.1 Å². The second-order valence-corrected chi connectivity index (χ2v) is 7.47. The Balaban J connectivity index is 1.81. The summed E-state index contributed by atoms with van der Waals surface area (Å²) in [6, 6.07) is 12.1. The Morgan fingerprint density at radius 1 is 1.32 bits per heavy atom. The maximum absolute atomic E-state index is 12.5. The molecule has 0 fully saturated rings. The molecule has 0 atom stereocenters. The summed E-state index contributed by atoms with van der Waals surface area (Å²) in [5.41, 5.74) is 4.01. The lowest BCUT2D eigenvalue weighted by molar-refractivity contribution is 0.102. The number of nitrogens with zero attached hydrogens (tertiary/aromatic N) is 2. The number of aryl methyl sites for hydroxylation is 1. The number of para-hydroxylation sites is 1. The van der Waals surface area contributed by atoms with E-state index in [0.717, 1.165) is 39.3 Å². The molecule has 0 aliphatic carbocycles. The largest absolute Gasteiger partial charge is 0.318 e. The van der Waals surface area contributed by atoms with Crippen molar-refractivity contribution in [1.82, 2.24) is 4.57 Å². The summed E-state index contributed by atoms with van der Waals surface area (Å²) in [7, 11) is 0. The Kier molecular flexibility index (Phi) is 4.74. The number of aromatic nitrogens is 1. The van der Waals surface area contributed by atoms with E-state index < -0.39 is 0 Å². The molecule has 0 saturated heterocycles. The van der Waals surface area contributed by atoms with Crippen LogP contribution in [0.2, 0.25) is 0 Å². The zero-order valence-electron chi connectivity index (χ0n) is 12.7. The van der Waals surface area contributed by atoms with Crippen LogP contribution in [-0.2, 0) is 0 Å². The lowest BCUT2D eigenvalue weighted by atomic mass is 10.2. The van der Waals surface area contributed by atoms with E-state index >= 15 is 0 Å². The van der Waals surface area contributed by atoms with Gasteiger partial charge in [0, 0.05) is 28.4 Å². The van der Waals surface area contributed by atoms with Gasteiger partial charge in [0.1, 0.15) is 4.38 Å². The zero-order chi connectivity index (χ0) is 15.5. The molecule has 0 bridgehead atoms. The monoisotopic (exact) mass is 330 g/mol. The number of thioether (sulfide) groups is 2. The Hall–Kier alpha value is -1.46. The average Bonchev–Trinajstić information content (AvgIpc) is 3.14. The van der Waals surface area contributed by atoms with E-state index in [1.165, 1.54) is 0 Å². The van der Waals surface area contributed by atoms with Crippen LogP contribution in [0.1, 0.15) is 21.7 Å². The van der Waals surface area contributed by atoms with Crippen LogP contribution in [0.25, 0.3) is 5.69 Å². The van der Waals surface area contributed by atoms with Crippen molar-refractivity contribution in [3.05, 3.63) is 53.3 Å². The van der Waals surface area contributed by atoms with Crippen LogP contribution in [0.15, 0.2) is 41.4 Å². The molecule has 0 spiro atoms. The minimum absolute atomic E-state index is 0.176. The van der Waals surface area contributed by atoms with Gasteiger partial charge in [-0.3, -0.25) is 9.79 Å². The van der Waals surface area contributed by atoms with Crippen LogP contribution >= 0.6 is 23.5 Å². The molecule has 114 valence electrons.